The van der Waals surface area contributed by atoms with E-state index in [-0.39, 0.29) is 23.9 Å². The molecule has 0 unspecified atom stereocenters. The third-order valence-corrected chi connectivity index (χ3v) is 4.65. The summed E-state index contributed by atoms with van der Waals surface area (Å²) in [6.07, 6.45) is 0.118. The molecule has 2 aromatic rings. The minimum atomic E-state index is -3.72. The van der Waals surface area contributed by atoms with E-state index in [9.17, 15) is 13.2 Å². The van der Waals surface area contributed by atoms with Gasteiger partial charge in [0.05, 0.1) is 30.7 Å². The molecule has 2 aromatic carbocycles. The number of anilines is 1. The van der Waals surface area contributed by atoms with E-state index in [1.54, 1.807) is 18.2 Å². The summed E-state index contributed by atoms with van der Waals surface area (Å²) in [7, 11) is -2.42. The highest BCUT2D eigenvalue weighted by Gasteiger charge is 2.14. The van der Waals surface area contributed by atoms with Gasteiger partial charge >= 0.3 is 5.97 Å². The molecule has 0 saturated heterocycles. The number of sulfonamides is 1. The van der Waals surface area contributed by atoms with Crippen LogP contribution in [0.2, 0.25) is 5.02 Å². The molecule has 0 heterocycles. The molecule has 0 bridgehead atoms. The first-order chi connectivity index (χ1) is 11.4. The number of methoxy groups -OCH3 is 1. The molecule has 8 heteroatoms. The quantitative estimate of drug-likeness (QED) is 0.758. The summed E-state index contributed by atoms with van der Waals surface area (Å²) in [6, 6.07) is 12.3. The number of ether oxygens (including phenoxy) is 2. The Balaban J connectivity index is 2.02. The molecule has 0 aromatic heterocycles. The zero-order valence-electron chi connectivity index (χ0n) is 12.9. The van der Waals surface area contributed by atoms with Crippen molar-refractivity contribution < 1.29 is 22.7 Å². The Morgan fingerprint density at radius 2 is 1.88 bits per heavy atom. The van der Waals surface area contributed by atoms with Gasteiger partial charge in [-0.1, -0.05) is 17.7 Å². The molecule has 0 spiro atoms. The number of halogens is 1. The van der Waals surface area contributed by atoms with Gasteiger partial charge in [-0.2, -0.15) is 0 Å². The Bertz CT molecular complexity index is 805. The molecular weight excluding hydrogens is 354 g/mol. The predicted molar refractivity (Wildman–Crippen MR) is 90.8 cm³/mol. The fourth-order valence-electron chi connectivity index (χ4n) is 1.84. The van der Waals surface area contributed by atoms with Crippen molar-refractivity contribution >= 4 is 33.3 Å². The molecule has 1 N–H and O–H groups in total. The van der Waals surface area contributed by atoms with E-state index in [1.807, 2.05) is 0 Å². The first-order valence-corrected chi connectivity index (χ1v) is 8.85. The third kappa shape index (κ3) is 5.14. The lowest BCUT2D eigenvalue weighted by atomic mass is 10.3. The van der Waals surface area contributed by atoms with Crippen LogP contribution in [-0.4, -0.2) is 28.1 Å². The molecule has 0 aliphatic rings. The van der Waals surface area contributed by atoms with E-state index < -0.39 is 10.0 Å². The van der Waals surface area contributed by atoms with Crippen molar-refractivity contribution in [2.24, 2.45) is 0 Å². The van der Waals surface area contributed by atoms with Crippen LogP contribution in [0.4, 0.5) is 5.69 Å². The minimum Gasteiger partial charge on any atom is -0.493 e. The van der Waals surface area contributed by atoms with Crippen LogP contribution in [0.5, 0.6) is 5.75 Å². The van der Waals surface area contributed by atoms with E-state index in [0.717, 1.165) is 0 Å². The highest BCUT2D eigenvalue weighted by Crippen LogP contribution is 2.21. The summed E-state index contributed by atoms with van der Waals surface area (Å²) in [4.78, 5) is 11.1. The molecule has 6 nitrogen and oxygen atoms in total. The summed E-state index contributed by atoms with van der Waals surface area (Å²) in [5.41, 5.74) is 0.376. The Hall–Kier alpha value is -2.25. The van der Waals surface area contributed by atoms with Crippen molar-refractivity contribution in [2.45, 2.75) is 11.3 Å². The number of rotatable bonds is 7. The topological polar surface area (TPSA) is 81.7 Å². The van der Waals surface area contributed by atoms with Crippen LogP contribution in [0.15, 0.2) is 53.4 Å². The Morgan fingerprint density at radius 1 is 1.17 bits per heavy atom. The molecule has 0 aliphatic heterocycles. The molecule has 24 heavy (non-hydrogen) atoms. The lowest BCUT2D eigenvalue weighted by molar-refractivity contribution is -0.141. The van der Waals surface area contributed by atoms with Gasteiger partial charge < -0.3 is 9.47 Å². The second-order valence-corrected chi connectivity index (χ2v) is 6.88. The van der Waals surface area contributed by atoms with E-state index in [1.165, 1.54) is 37.4 Å². The van der Waals surface area contributed by atoms with Gasteiger partial charge in [-0.15, -0.1) is 0 Å². The smallest absolute Gasteiger partial charge is 0.308 e. The van der Waals surface area contributed by atoms with Crippen molar-refractivity contribution in [3.8, 4) is 5.75 Å². The molecule has 128 valence electrons. The maximum Gasteiger partial charge on any atom is 0.308 e. The Morgan fingerprint density at radius 3 is 2.50 bits per heavy atom. The SMILES string of the molecule is COC(=O)CCOc1ccc(S(=O)(=O)Nc2cccc(Cl)c2)cc1. The van der Waals surface area contributed by atoms with Gasteiger partial charge in [0.1, 0.15) is 5.75 Å². The van der Waals surface area contributed by atoms with Gasteiger partial charge in [-0.05, 0) is 42.5 Å². The van der Waals surface area contributed by atoms with Crippen molar-refractivity contribution in [2.75, 3.05) is 18.4 Å². The van der Waals surface area contributed by atoms with E-state index in [4.69, 9.17) is 16.3 Å². The number of hydrogen-bond donors (Lipinski definition) is 1. The van der Waals surface area contributed by atoms with Crippen LogP contribution in [0, 0.1) is 0 Å². The van der Waals surface area contributed by atoms with Gasteiger partial charge in [-0.3, -0.25) is 9.52 Å². The zero-order chi connectivity index (χ0) is 17.6. The fourth-order valence-corrected chi connectivity index (χ4v) is 3.08. The van der Waals surface area contributed by atoms with Crippen LogP contribution in [0.1, 0.15) is 6.42 Å². The monoisotopic (exact) mass is 369 g/mol. The standard InChI is InChI=1S/C16H16ClNO5S/c1-22-16(19)9-10-23-14-5-7-15(8-6-14)24(20,21)18-13-4-2-3-12(17)11-13/h2-8,11,18H,9-10H2,1H3. The number of esters is 1. The molecule has 0 fully saturated rings. The lowest BCUT2D eigenvalue weighted by Gasteiger charge is -2.10. The molecule has 0 saturated carbocycles. The molecule has 0 radical (unpaired) electrons. The Kier molecular flexibility index (Phi) is 6.05. The van der Waals surface area contributed by atoms with Crippen LogP contribution < -0.4 is 9.46 Å². The number of carbonyl (C=O) groups is 1. The van der Waals surface area contributed by atoms with E-state index in [2.05, 4.69) is 9.46 Å². The van der Waals surface area contributed by atoms with Gasteiger partial charge in [0, 0.05) is 5.02 Å². The van der Waals surface area contributed by atoms with Crippen LogP contribution in [0.25, 0.3) is 0 Å². The molecule has 2 rings (SSSR count). The maximum absolute atomic E-state index is 12.3. The lowest BCUT2D eigenvalue weighted by Crippen LogP contribution is -2.13. The molecule has 0 amide bonds. The summed E-state index contributed by atoms with van der Waals surface area (Å²) in [5.74, 6) is 0.0838. The summed E-state index contributed by atoms with van der Waals surface area (Å²) in [5, 5.41) is 0.435. The van der Waals surface area contributed by atoms with Crippen molar-refractivity contribution in [3.05, 3.63) is 53.6 Å². The zero-order valence-corrected chi connectivity index (χ0v) is 14.4. The van der Waals surface area contributed by atoms with E-state index >= 15 is 0 Å². The second-order valence-electron chi connectivity index (χ2n) is 4.76. The average molecular weight is 370 g/mol. The van der Waals surface area contributed by atoms with Crippen molar-refractivity contribution in [1.29, 1.82) is 0 Å². The van der Waals surface area contributed by atoms with Crippen LogP contribution >= 0.6 is 11.6 Å². The summed E-state index contributed by atoms with van der Waals surface area (Å²) >= 11 is 5.84. The van der Waals surface area contributed by atoms with Crippen LogP contribution in [0.3, 0.4) is 0 Å². The highest BCUT2D eigenvalue weighted by atomic mass is 35.5. The molecule has 0 aliphatic carbocycles. The number of nitrogens with one attached hydrogen (secondary N) is 1. The number of hydrogen-bond acceptors (Lipinski definition) is 5. The van der Waals surface area contributed by atoms with Crippen molar-refractivity contribution in [1.82, 2.24) is 0 Å². The third-order valence-electron chi connectivity index (χ3n) is 3.01. The molecule has 0 atom stereocenters. The highest BCUT2D eigenvalue weighted by molar-refractivity contribution is 7.92. The van der Waals surface area contributed by atoms with Gasteiger partial charge in [0.2, 0.25) is 0 Å². The van der Waals surface area contributed by atoms with E-state index in [0.29, 0.717) is 16.5 Å². The van der Waals surface area contributed by atoms with Gasteiger partial charge in [0.15, 0.2) is 0 Å². The first-order valence-electron chi connectivity index (χ1n) is 6.99. The number of carbonyl (C=O) groups excluding carboxylic acids is 1. The first kappa shape index (κ1) is 18.1. The molecular formula is C16H16ClNO5S. The van der Waals surface area contributed by atoms with Crippen LogP contribution in [-0.2, 0) is 19.6 Å². The Labute approximate surface area is 145 Å². The fraction of sp³-hybridized carbons (Fsp3) is 0.188. The second kappa shape index (κ2) is 8.03. The van der Waals surface area contributed by atoms with Gasteiger partial charge in [-0.25, -0.2) is 8.42 Å². The largest absolute Gasteiger partial charge is 0.493 e. The maximum atomic E-state index is 12.3. The van der Waals surface area contributed by atoms with Gasteiger partial charge in [0.25, 0.3) is 10.0 Å². The normalized spacial score (nSPS) is 10.9. The summed E-state index contributed by atoms with van der Waals surface area (Å²) in [6.45, 7) is 0.152. The minimum absolute atomic E-state index is 0.0859. The average Bonchev–Trinajstić information content (AvgIpc) is 2.54. The summed E-state index contributed by atoms with van der Waals surface area (Å²) < 4.78 is 36.9. The number of benzene rings is 2. The predicted octanol–water partition coefficient (Wildman–Crippen LogP) is 3.08. The van der Waals surface area contributed by atoms with Crippen molar-refractivity contribution in [3.63, 3.8) is 0 Å².